The molecule has 3 rings (SSSR count). The summed E-state index contributed by atoms with van der Waals surface area (Å²) in [6.07, 6.45) is 3.26. The van der Waals surface area contributed by atoms with E-state index in [4.69, 9.17) is 5.11 Å². The zero-order valence-corrected chi connectivity index (χ0v) is 12.0. The number of para-hydroxylation sites is 1. The van der Waals surface area contributed by atoms with Crippen LogP contribution in [-0.2, 0) is 11.2 Å². The van der Waals surface area contributed by atoms with Crippen molar-refractivity contribution >= 4 is 11.7 Å². The fourth-order valence-electron chi connectivity index (χ4n) is 3.48. The predicted molar refractivity (Wildman–Crippen MR) is 79.2 cm³/mol. The molecular formula is C16H22N2O2. The molecule has 0 radical (unpaired) electrons. The Balaban J connectivity index is 1.64. The van der Waals surface area contributed by atoms with Gasteiger partial charge in [0.1, 0.15) is 6.04 Å². The number of nitrogens with zero attached hydrogens (tertiary/aromatic N) is 2. The van der Waals surface area contributed by atoms with Gasteiger partial charge in [-0.25, -0.2) is 0 Å². The third-order valence-electron chi connectivity index (χ3n) is 4.77. The van der Waals surface area contributed by atoms with Crippen LogP contribution in [0.4, 0.5) is 5.69 Å². The number of aliphatic carboxylic acids is 1. The minimum Gasteiger partial charge on any atom is -0.480 e. The van der Waals surface area contributed by atoms with Crippen LogP contribution in [0.1, 0.15) is 25.3 Å². The largest absolute Gasteiger partial charge is 0.480 e. The van der Waals surface area contributed by atoms with Crippen molar-refractivity contribution in [1.29, 1.82) is 0 Å². The summed E-state index contributed by atoms with van der Waals surface area (Å²) in [5.41, 5.74) is 2.84. The molecule has 1 aromatic rings. The molecule has 0 aromatic heterocycles. The number of hydrogen-bond donors (Lipinski definition) is 1. The van der Waals surface area contributed by atoms with Crippen molar-refractivity contribution in [3.05, 3.63) is 29.8 Å². The first kappa shape index (κ1) is 13.4. The molecule has 108 valence electrons. The molecule has 4 nitrogen and oxygen atoms in total. The molecule has 1 atom stereocenters. The van der Waals surface area contributed by atoms with Gasteiger partial charge in [-0.2, -0.15) is 0 Å². The second-order valence-corrected chi connectivity index (χ2v) is 5.85. The highest BCUT2D eigenvalue weighted by Gasteiger charge is 2.31. The van der Waals surface area contributed by atoms with E-state index in [0.29, 0.717) is 6.04 Å². The number of hydrogen-bond acceptors (Lipinski definition) is 3. The van der Waals surface area contributed by atoms with E-state index in [1.54, 1.807) is 6.92 Å². The maximum Gasteiger partial charge on any atom is 0.320 e. The lowest BCUT2D eigenvalue weighted by Gasteiger charge is -2.39. The van der Waals surface area contributed by atoms with Crippen LogP contribution in [0, 0.1) is 0 Å². The Hall–Kier alpha value is -1.55. The van der Waals surface area contributed by atoms with Gasteiger partial charge in [0, 0.05) is 31.4 Å². The third kappa shape index (κ3) is 2.40. The molecule has 1 N–H and O–H groups in total. The zero-order chi connectivity index (χ0) is 14.1. The lowest BCUT2D eigenvalue weighted by atomic mass is 10.0. The van der Waals surface area contributed by atoms with E-state index in [1.807, 2.05) is 0 Å². The maximum absolute atomic E-state index is 11.0. The quantitative estimate of drug-likeness (QED) is 0.915. The smallest absolute Gasteiger partial charge is 0.320 e. The number of likely N-dealkylation sites (tertiary alicyclic amines) is 1. The Morgan fingerprint density at radius 2 is 1.95 bits per heavy atom. The zero-order valence-electron chi connectivity index (χ0n) is 12.0. The third-order valence-corrected chi connectivity index (χ3v) is 4.77. The molecule has 20 heavy (non-hydrogen) atoms. The predicted octanol–water partition coefficient (Wildman–Crippen LogP) is 1.99. The van der Waals surface area contributed by atoms with Crippen molar-refractivity contribution in [2.75, 3.05) is 24.5 Å². The van der Waals surface area contributed by atoms with E-state index < -0.39 is 5.97 Å². The Morgan fingerprint density at radius 3 is 2.65 bits per heavy atom. The summed E-state index contributed by atoms with van der Waals surface area (Å²) in [7, 11) is 0. The molecule has 0 bridgehead atoms. The van der Waals surface area contributed by atoms with E-state index in [2.05, 4.69) is 34.1 Å². The lowest BCUT2D eigenvalue weighted by Crippen LogP contribution is -2.49. The van der Waals surface area contributed by atoms with Crippen LogP contribution in [0.2, 0.25) is 0 Å². The summed E-state index contributed by atoms with van der Waals surface area (Å²) in [4.78, 5) is 15.7. The van der Waals surface area contributed by atoms with Gasteiger partial charge in [-0.15, -0.1) is 0 Å². The average Bonchev–Trinajstić information content (AvgIpc) is 2.90. The van der Waals surface area contributed by atoms with Crippen molar-refractivity contribution < 1.29 is 9.90 Å². The topological polar surface area (TPSA) is 43.8 Å². The van der Waals surface area contributed by atoms with Crippen LogP contribution >= 0.6 is 0 Å². The van der Waals surface area contributed by atoms with E-state index in [1.165, 1.54) is 11.3 Å². The highest BCUT2D eigenvalue weighted by atomic mass is 16.4. The standard InChI is InChI=1S/C16H22N2O2/c1-12(16(19)20)17-9-7-14(8-10-17)18-11-6-13-4-2-3-5-15(13)18/h2-5,12,14H,6-11H2,1H3,(H,19,20). The van der Waals surface area contributed by atoms with Crippen molar-refractivity contribution in [3.63, 3.8) is 0 Å². The molecule has 1 saturated heterocycles. The normalized spacial score (nSPS) is 21.8. The van der Waals surface area contributed by atoms with Crippen molar-refractivity contribution in [1.82, 2.24) is 4.90 Å². The second-order valence-electron chi connectivity index (χ2n) is 5.85. The number of carboxylic acid groups (broad SMARTS) is 1. The molecule has 4 heteroatoms. The monoisotopic (exact) mass is 274 g/mol. The molecule has 2 heterocycles. The second kappa shape index (κ2) is 5.44. The molecule has 0 saturated carbocycles. The summed E-state index contributed by atoms with van der Waals surface area (Å²) in [6, 6.07) is 8.86. The van der Waals surface area contributed by atoms with Crippen LogP contribution in [0.25, 0.3) is 0 Å². The first-order chi connectivity index (χ1) is 9.66. The minimum atomic E-state index is -0.713. The molecular weight excluding hydrogens is 252 g/mol. The van der Waals surface area contributed by atoms with Crippen molar-refractivity contribution in [2.24, 2.45) is 0 Å². The van der Waals surface area contributed by atoms with Crippen molar-refractivity contribution in [2.45, 2.75) is 38.3 Å². The fourth-order valence-corrected chi connectivity index (χ4v) is 3.48. The van der Waals surface area contributed by atoms with E-state index in [9.17, 15) is 4.79 Å². The van der Waals surface area contributed by atoms with Gasteiger partial charge in [0.05, 0.1) is 0 Å². The van der Waals surface area contributed by atoms with E-state index in [0.717, 1.165) is 38.9 Å². The SMILES string of the molecule is CC(C(=O)O)N1CCC(N2CCc3ccccc32)CC1. The maximum atomic E-state index is 11.0. The highest BCUT2D eigenvalue weighted by molar-refractivity contribution is 5.72. The van der Waals surface area contributed by atoms with Gasteiger partial charge in [0.25, 0.3) is 0 Å². The molecule has 2 aliphatic heterocycles. The van der Waals surface area contributed by atoms with Crippen LogP contribution in [0.3, 0.4) is 0 Å². The van der Waals surface area contributed by atoms with Gasteiger partial charge in [0.15, 0.2) is 0 Å². The molecule has 0 spiro atoms. The Morgan fingerprint density at radius 1 is 1.25 bits per heavy atom. The number of carboxylic acids is 1. The Kier molecular flexibility index (Phi) is 3.66. The van der Waals surface area contributed by atoms with Crippen molar-refractivity contribution in [3.8, 4) is 0 Å². The number of carbonyl (C=O) groups is 1. The van der Waals surface area contributed by atoms with Crippen LogP contribution in [-0.4, -0.2) is 47.7 Å². The molecule has 2 aliphatic rings. The number of fused-ring (bicyclic) bond motifs is 1. The molecule has 1 fully saturated rings. The van der Waals surface area contributed by atoms with Crippen LogP contribution in [0.15, 0.2) is 24.3 Å². The summed E-state index contributed by atoms with van der Waals surface area (Å²) in [6.45, 7) is 4.67. The van der Waals surface area contributed by atoms with Gasteiger partial charge >= 0.3 is 5.97 Å². The van der Waals surface area contributed by atoms with Gasteiger partial charge in [-0.3, -0.25) is 9.69 Å². The average molecular weight is 274 g/mol. The van der Waals surface area contributed by atoms with E-state index >= 15 is 0 Å². The van der Waals surface area contributed by atoms with Crippen LogP contribution < -0.4 is 4.90 Å². The molecule has 1 unspecified atom stereocenters. The number of anilines is 1. The van der Waals surface area contributed by atoms with Gasteiger partial charge in [-0.1, -0.05) is 18.2 Å². The van der Waals surface area contributed by atoms with E-state index in [-0.39, 0.29) is 6.04 Å². The molecule has 1 aromatic carbocycles. The number of rotatable bonds is 3. The Labute approximate surface area is 120 Å². The van der Waals surface area contributed by atoms with Gasteiger partial charge in [0.2, 0.25) is 0 Å². The minimum absolute atomic E-state index is 0.359. The van der Waals surface area contributed by atoms with Gasteiger partial charge in [-0.05, 0) is 37.8 Å². The number of benzene rings is 1. The molecule has 0 amide bonds. The Bertz CT molecular complexity index is 495. The first-order valence-electron chi connectivity index (χ1n) is 7.48. The summed E-state index contributed by atoms with van der Waals surface area (Å²) in [5, 5.41) is 9.09. The first-order valence-corrected chi connectivity index (χ1v) is 7.48. The van der Waals surface area contributed by atoms with Gasteiger partial charge < -0.3 is 10.0 Å². The summed E-state index contributed by atoms with van der Waals surface area (Å²) in [5.74, 6) is -0.713. The summed E-state index contributed by atoms with van der Waals surface area (Å²) >= 11 is 0. The lowest BCUT2D eigenvalue weighted by molar-refractivity contribution is -0.143. The number of piperidine rings is 1. The van der Waals surface area contributed by atoms with Crippen LogP contribution in [0.5, 0.6) is 0 Å². The fraction of sp³-hybridized carbons (Fsp3) is 0.562. The summed E-state index contributed by atoms with van der Waals surface area (Å²) < 4.78 is 0. The molecule has 0 aliphatic carbocycles. The highest BCUT2D eigenvalue weighted by Crippen LogP contribution is 2.32.